The van der Waals surface area contributed by atoms with Gasteiger partial charge in [-0.15, -0.1) is 0 Å². The third-order valence-electron chi connectivity index (χ3n) is 4.53. The number of ether oxygens (including phenoxy) is 1. The highest BCUT2D eigenvalue weighted by molar-refractivity contribution is 6.05. The predicted octanol–water partition coefficient (Wildman–Crippen LogP) is 2.38. The number of benzene rings is 2. The van der Waals surface area contributed by atoms with Crippen LogP contribution in [0.2, 0.25) is 0 Å². The number of rotatable bonds is 5. The molecule has 0 saturated carbocycles. The summed E-state index contributed by atoms with van der Waals surface area (Å²) in [4.78, 5) is 29.4. The average Bonchev–Trinajstić information content (AvgIpc) is 2.74. The minimum Gasteiger partial charge on any atom is -0.378 e. The van der Waals surface area contributed by atoms with E-state index in [0.717, 1.165) is 11.3 Å². The lowest BCUT2D eigenvalue weighted by Gasteiger charge is -2.28. The topological polar surface area (TPSA) is 61.9 Å². The molecule has 2 aromatic rings. The highest BCUT2D eigenvalue weighted by Crippen LogP contribution is 2.16. The number of hydrogen-bond donors (Lipinski definition) is 1. The Bertz CT molecular complexity index is 839. The van der Waals surface area contributed by atoms with Crippen molar-refractivity contribution in [1.82, 2.24) is 10.2 Å². The zero-order valence-electron chi connectivity index (χ0n) is 16.2. The first-order valence-corrected chi connectivity index (χ1v) is 9.27. The second-order valence-corrected chi connectivity index (χ2v) is 6.77. The van der Waals surface area contributed by atoms with Crippen LogP contribution in [0.15, 0.2) is 60.3 Å². The van der Waals surface area contributed by atoms with Crippen molar-refractivity contribution in [2.45, 2.75) is 0 Å². The minimum absolute atomic E-state index is 0.204. The van der Waals surface area contributed by atoms with E-state index in [0.29, 0.717) is 31.9 Å². The lowest BCUT2D eigenvalue weighted by Crippen LogP contribution is -2.44. The van der Waals surface area contributed by atoms with Crippen LogP contribution >= 0.6 is 0 Å². The third kappa shape index (κ3) is 4.98. The number of anilines is 1. The zero-order chi connectivity index (χ0) is 19.9. The Morgan fingerprint density at radius 3 is 2.25 bits per heavy atom. The van der Waals surface area contributed by atoms with Gasteiger partial charge in [0.1, 0.15) is 5.70 Å². The number of amides is 2. The van der Waals surface area contributed by atoms with E-state index in [1.807, 2.05) is 49.3 Å². The van der Waals surface area contributed by atoms with Crippen molar-refractivity contribution in [2.75, 3.05) is 45.3 Å². The Balaban J connectivity index is 1.86. The normalized spacial score (nSPS) is 14.5. The number of hydrogen-bond acceptors (Lipinski definition) is 4. The summed E-state index contributed by atoms with van der Waals surface area (Å²) in [5.41, 5.74) is 2.67. The van der Waals surface area contributed by atoms with Crippen molar-refractivity contribution in [2.24, 2.45) is 0 Å². The maximum absolute atomic E-state index is 13.0. The maximum atomic E-state index is 13.0. The maximum Gasteiger partial charge on any atom is 0.270 e. The second kappa shape index (κ2) is 9.19. The van der Waals surface area contributed by atoms with Gasteiger partial charge in [-0.05, 0) is 35.9 Å². The quantitative estimate of drug-likeness (QED) is 0.811. The first-order valence-electron chi connectivity index (χ1n) is 9.27. The lowest BCUT2D eigenvalue weighted by molar-refractivity contribution is -0.131. The Morgan fingerprint density at radius 2 is 1.64 bits per heavy atom. The van der Waals surface area contributed by atoms with Crippen molar-refractivity contribution in [3.63, 3.8) is 0 Å². The molecule has 1 heterocycles. The molecule has 1 fully saturated rings. The van der Waals surface area contributed by atoms with Crippen LogP contribution in [0.4, 0.5) is 5.69 Å². The van der Waals surface area contributed by atoms with E-state index in [-0.39, 0.29) is 17.5 Å². The number of nitrogens with zero attached hydrogens (tertiary/aromatic N) is 2. The van der Waals surface area contributed by atoms with Crippen molar-refractivity contribution in [3.8, 4) is 0 Å². The van der Waals surface area contributed by atoms with Gasteiger partial charge < -0.3 is 19.9 Å². The van der Waals surface area contributed by atoms with Gasteiger partial charge in [-0.3, -0.25) is 9.59 Å². The molecule has 0 spiro atoms. The molecular formula is C22H25N3O3. The molecule has 0 unspecified atom stereocenters. The molecule has 146 valence electrons. The number of carbonyl (C=O) groups excluding carboxylic acids is 2. The molecule has 0 aliphatic carbocycles. The fraction of sp³-hybridized carbons (Fsp3) is 0.273. The van der Waals surface area contributed by atoms with Gasteiger partial charge in [0.15, 0.2) is 0 Å². The summed E-state index contributed by atoms with van der Waals surface area (Å²) in [6, 6.07) is 16.7. The van der Waals surface area contributed by atoms with Gasteiger partial charge in [0.2, 0.25) is 0 Å². The van der Waals surface area contributed by atoms with Crippen LogP contribution in [0, 0.1) is 0 Å². The molecule has 0 radical (unpaired) electrons. The molecule has 0 bridgehead atoms. The number of carbonyl (C=O) groups is 2. The third-order valence-corrected chi connectivity index (χ3v) is 4.53. The second-order valence-electron chi connectivity index (χ2n) is 6.77. The van der Waals surface area contributed by atoms with Crippen molar-refractivity contribution >= 4 is 23.6 Å². The first-order chi connectivity index (χ1) is 13.5. The smallest absolute Gasteiger partial charge is 0.270 e. The average molecular weight is 379 g/mol. The highest BCUT2D eigenvalue weighted by atomic mass is 16.5. The molecule has 2 amide bonds. The summed E-state index contributed by atoms with van der Waals surface area (Å²) >= 11 is 0. The first kappa shape index (κ1) is 19.6. The summed E-state index contributed by atoms with van der Waals surface area (Å²) in [6.07, 6.45) is 1.72. The van der Waals surface area contributed by atoms with Crippen LogP contribution < -0.4 is 10.2 Å². The molecular weight excluding hydrogens is 354 g/mol. The number of nitrogens with one attached hydrogen (secondary N) is 1. The van der Waals surface area contributed by atoms with Gasteiger partial charge >= 0.3 is 0 Å². The molecule has 1 aliphatic rings. The molecule has 1 aliphatic heterocycles. The Hall–Kier alpha value is -3.12. The Kier molecular flexibility index (Phi) is 6.45. The van der Waals surface area contributed by atoms with Gasteiger partial charge in [0.05, 0.1) is 13.2 Å². The van der Waals surface area contributed by atoms with E-state index in [1.165, 1.54) is 0 Å². The van der Waals surface area contributed by atoms with Crippen LogP contribution in [0.3, 0.4) is 0 Å². The monoisotopic (exact) mass is 379 g/mol. The Morgan fingerprint density at radius 1 is 1.00 bits per heavy atom. The Labute approximate surface area is 165 Å². The fourth-order valence-corrected chi connectivity index (χ4v) is 2.91. The van der Waals surface area contributed by atoms with Gasteiger partial charge in [-0.1, -0.05) is 30.3 Å². The standard InChI is InChI=1S/C22H25N3O3/c1-24(2)19-10-8-17(9-11-19)16-20(22(27)25-12-14-28-15-13-25)23-21(26)18-6-4-3-5-7-18/h3-11,16H,12-15H2,1-2H3,(H,23,26)/b20-16-. The molecule has 6 nitrogen and oxygen atoms in total. The minimum atomic E-state index is -0.307. The van der Waals surface area contributed by atoms with E-state index in [2.05, 4.69) is 5.32 Å². The van der Waals surface area contributed by atoms with E-state index in [4.69, 9.17) is 4.74 Å². The van der Waals surface area contributed by atoms with Crippen LogP contribution in [0.25, 0.3) is 6.08 Å². The van der Waals surface area contributed by atoms with Gasteiger partial charge in [-0.25, -0.2) is 0 Å². The summed E-state index contributed by atoms with van der Waals surface area (Å²) in [6.45, 7) is 2.03. The van der Waals surface area contributed by atoms with Gasteiger partial charge in [0.25, 0.3) is 11.8 Å². The van der Waals surface area contributed by atoms with E-state index < -0.39 is 0 Å². The molecule has 0 aromatic heterocycles. The van der Waals surface area contributed by atoms with E-state index in [1.54, 1.807) is 35.2 Å². The van der Waals surface area contributed by atoms with Crippen molar-refractivity contribution in [1.29, 1.82) is 0 Å². The SMILES string of the molecule is CN(C)c1ccc(/C=C(\NC(=O)c2ccccc2)C(=O)N2CCOCC2)cc1. The molecule has 0 atom stereocenters. The van der Waals surface area contributed by atoms with Crippen molar-refractivity contribution < 1.29 is 14.3 Å². The zero-order valence-corrected chi connectivity index (χ0v) is 16.2. The summed E-state index contributed by atoms with van der Waals surface area (Å²) < 4.78 is 5.33. The predicted molar refractivity (Wildman–Crippen MR) is 110 cm³/mol. The van der Waals surface area contributed by atoms with Crippen LogP contribution in [0.1, 0.15) is 15.9 Å². The van der Waals surface area contributed by atoms with Crippen LogP contribution in [0.5, 0.6) is 0 Å². The summed E-state index contributed by atoms with van der Waals surface area (Å²) in [5, 5.41) is 2.80. The van der Waals surface area contributed by atoms with Crippen molar-refractivity contribution in [3.05, 3.63) is 71.4 Å². The largest absolute Gasteiger partial charge is 0.378 e. The summed E-state index contributed by atoms with van der Waals surface area (Å²) in [7, 11) is 3.94. The number of morpholine rings is 1. The van der Waals surface area contributed by atoms with Gasteiger partial charge in [0, 0.05) is 38.4 Å². The van der Waals surface area contributed by atoms with Crippen LogP contribution in [-0.4, -0.2) is 57.1 Å². The van der Waals surface area contributed by atoms with E-state index >= 15 is 0 Å². The van der Waals surface area contributed by atoms with Crippen LogP contribution in [-0.2, 0) is 9.53 Å². The molecule has 2 aromatic carbocycles. The molecule has 28 heavy (non-hydrogen) atoms. The molecule has 1 saturated heterocycles. The molecule has 3 rings (SSSR count). The fourth-order valence-electron chi connectivity index (χ4n) is 2.91. The molecule has 1 N–H and O–H groups in total. The lowest BCUT2D eigenvalue weighted by atomic mass is 10.1. The van der Waals surface area contributed by atoms with E-state index in [9.17, 15) is 9.59 Å². The van der Waals surface area contributed by atoms with Gasteiger partial charge in [-0.2, -0.15) is 0 Å². The molecule has 6 heteroatoms. The summed E-state index contributed by atoms with van der Waals surface area (Å²) in [5.74, 6) is -0.511. The highest BCUT2D eigenvalue weighted by Gasteiger charge is 2.22.